The third-order valence-corrected chi connectivity index (χ3v) is 4.04. The zero-order valence-corrected chi connectivity index (χ0v) is 10.6. The third-order valence-electron chi connectivity index (χ3n) is 4.04. The van der Waals surface area contributed by atoms with Gasteiger partial charge in [0.15, 0.2) is 0 Å². The van der Waals surface area contributed by atoms with Crippen molar-refractivity contribution in [3.05, 3.63) is 29.8 Å². The number of hydrogen-bond acceptors (Lipinski definition) is 4. The molecule has 0 saturated carbocycles. The van der Waals surface area contributed by atoms with Crippen molar-refractivity contribution in [1.29, 1.82) is 0 Å². The van der Waals surface area contributed by atoms with E-state index in [2.05, 4.69) is 5.32 Å². The minimum Gasteiger partial charge on any atom is -0.394 e. The Kier molecular flexibility index (Phi) is 3.16. The van der Waals surface area contributed by atoms with Crippen LogP contribution >= 0.6 is 0 Å². The standard InChI is InChI=1S/C14H18N2O3/c17-8-9-4-3-7-16(9)14(19)12-13(18)10-5-1-2-6-11(10)15-12/h1-2,5-6,9,12-13,15,17-18H,3-4,7-8H2/t9-,12?,13?/m0/s1. The maximum absolute atomic E-state index is 12.5. The Morgan fingerprint density at radius 3 is 2.95 bits per heavy atom. The maximum atomic E-state index is 12.5. The summed E-state index contributed by atoms with van der Waals surface area (Å²) in [5.41, 5.74) is 1.58. The van der Waals surface area contributed by atoms with E-state index in [0.29, 0.717) is 6.54 Å². The molecule has 19 heavy (non-hydrogen) atoms. The van der Waals surface area contributed by atoms with E-state index in [4.69, 9.17) is 0 Å². The molecular weight excluding hydrogens is 244 g/mol. The van der Waals surface area contributed by atoms with E-state index in [1.54, 1.807) is 4.90 Å². The Labute approximate surface area is 111 Å². The molecular formula is C14H18N2O3. The van der Waals surface area contributed by atoms with Gasteiger partial charge in [0.05, 0.1) is 12.6 Å². The first-order valence-corrected chi connectivity index (χ1v) is 6.67. The SMILES string of the molecule is O=C(C1Nc2ccccc2C1O)N1CCC[C@H]1CO. The number of fused-ring (bicyclic) bond motifs is 1. The van der Waals surface area contributed by atoms with Gasteiger partial charge in [-0.15, -0.1) is 0 Å². The highest BCUT2D eigenvalue weighted by Crippen LogP contribution is 2.35. The largest absolute Gasteiger partial charge is 0.394 e. The fourth-order valence-corrected chi connectivity index (χ4v) is 3.00. The van der Waals surface area contributed by atoms with E-state index in [1.165, 1.54) is 0 Å². The van der Waals surface area contributed by atoms with Crippen LogP contribution in [0.3, 0.4) is 0 Å². The van der Waals surface area contributed by atoms with Gasteiger partial charge in [0.1, 0.15) is 12.1 Å². The predicted molar refractivity (Wildman–Crippen MR) is 70.6 cm³/mol. The lowest BCUT2D eigenvalue weighted by molar-refractivity contribution is -0.135. The molecule has 102 valence electrons. The normalized spacial score (nSPS) is 29.2. The molecule has 5 nitrogen and oxygen atoms in total. The first kappa shape index (κ1) is 12.4. The number of aliphatic hydroxyl groups excluding tert-OH is 2. The topological polar surface area (TPSA) is 72.8 Å². The van der Waals surface area contributed by atoms with Crippen LogP contribution in [0.1, 0.15) is 24.5 Å². The number of amides is 1. The Balaban J connectivity index is 1.79. The first-order valence-electron chi connectivity index (χ1n) is 6.67. The molecule has 3 rings (SSSR count). The van der Waals surface area contributed by atoms with Crippen molar-refractivity contribution in [2.45, 2.75) is 31.0 Å². The molecule has 3 atom stereocenters. The summed E-state index contributed by atoms with van der Waals surface area (Å²) in [4.78, 5) is 14.2. The molecule has 0 radical (unpaired) electrons. The van der Waals surface area contributed by atoms with Gasteiger partial charge in [0, 0.05) is 17.8 Å². The Bertz CT molecular complexity index is 491. The lowest BCUT2D eigenvalue weighted by atomic mass is 10.1. The summed E-state index contributed by atoms with van der Waals surface area (Å²) in [6.07, 6.45) is 0.925. The molecule has 2 heterocycles. The van der Waals surface area contributed by atoms with Gasteiger partial charge in [-0.3, -0.25) is 4.79 Å². The fourth-order valence-electron chi connectivity index (χ4n) is 3.00. The van der Waals surface area contributed by atoms with Gasteiger partial charge in [-0.05, 0) is 18.9 Å². The number of para-hydroxylation sites is 1. The predicted octanol–water partition coefficient (Wildman–Crippen LogP) is 0.497. The van der Waals surface area contributed by atoms with Crippen LogP contribution in [0.4, 0.5) is 5.69 Å². The number of anilines is 1. The summed E-state index contributed by atoms with van der Waals surface area (Å²) < 4.78 is 0. The zero-order valence-electron chi connectivity index (χ0n) is 10.6. The van der Waals surface area contributed by atoms with Crippen LogP contribution in [-0.2, 0) is 4.79 Å². The average Bonchev–Trinajstić information content (AvgIpc) is 3.03. The number of hydrogen-bond donors (Lipinski definition) is 3. The average molecular weight is 262 g/mol. The second-order valence-electron chi connectivity index (χ2n) is 5.16. The summed E-state index contributed by atoms with van der Waals surface area (Å²) in [6.45, 7) is 0.646. The molecule has 0 aromatic heterocycles. The molecule has 1 saturated heterocycles. The van der Waals surface area contributed by atoms with Crippen molar-refractivity contribution in [2.75, 3.05) is 18.5 Å². The first-order chi connectivity index (χ1) is 9.22. The molecule has 0 spiro atoms. The molecule has 1 aromatic rings. The number of nitrogens with zero attached hydrogens (tertiary/aromatic N) is 1. The van der Waals surface area contributed by atoms with Gasteiger partial charge in [-0.25, -0.2) is 0 Å². The smallest absolute Gasteiger partial charge is 0.248 e. The lowest BCUT2D eigenvalue weighted by Gasteiger charge is -2.27. The van der Waals surface area contributed by atoms with Gasteiger partial charge >= 0.3 is 0 Å². The quantitative estimate of drug-likeness (QED) is 0.725. The minimum atomic E-state index is -0.816. The molecule has 5 heteroatoms. The van der Waals surface area contributed by atoms with Crippen LogP contribution in [0.5, 0.6) is 0 Å². The van der Waals surface area contributed by atoms with E-state index in [-0.39, 0.29) is 18.6 Å². The van der Waals surface area contributed by atoms with Gasteiger partial charge in [-0.2, -0.15) is 0 Å². The van der Waals surface area contributed by atoms with Gasteiger partial charge in [0.25, 0.3) is 0 Å². The van der Waals surface area contributed by atoms with Gasteiger partial charge in [0.2, 0.25) is 5.91 Å². The monoisotopic (exact) mass is 262 g/mol. The molecule has 0 aliphatic carbocycles. The van der Waals surface area contributed by atoms with E-state index in [1.807, 2.05) is 24.3 Å². The number of carbonyl (C=O) groups excluding carboxylic acids is 1. The van der Waals surface area contributed by atoms with Crippen LogP contribution in [0.25, 0.3) is 0 Å². The van der Waals surface area contributed by atoms with Crippen LogP contribution in [0.2, 0.25) is 0 Å². The maximum Gasteiger partial charge on any atom is 0.248 e. The summed E-state index contributed by atoms with van der Waals surface area (Å²) in [7, 11) is 0. The van der Waals surface area contributed by atoms with E-state index >= 15 is 0 Å². The molecule has 2 aliphatic rings. The van der Waals surface area contributed by atoms with Crippen LogP contribution in [0, 0.1) is 0 Å². The van der Waals surface area contributed by atoms with Crippen LogP contribution < -0.4 is 5.32 Å². The highest BCUT2D eigenvalue weighted by Gasteiger charge is 2.40. The molecule has 2 unspecified atom stereocenters. The molecule has 3 N–H and O–H groups in total. The summed E-state index contributed by atoms with van der Waals surface area (Å²) in [5, 5.41) is 22.6. The number of likely N-dealkylation sites (tertiary alicyclic amines) is 1. The second-order valence-corrected chi connectivity index (χ2v) is 5.16. The third kappa shape index (κ3) is 1.99. The summed E-state index contributed by atoms with van der Waals surface area (Å²) in [5.74, 6) is -0.125. The number of carbonyl (C=O) groups is 1. The van der Waals surface area contributed by atoms with E-state index in [0.717, 1.165) is 24.1 Å². The van der Waals surface area contributed by atoms with E-state index < -0.39 is 12.1 Å². The van der Waals surface area contributed by atoms with Crippen molar-refractivity contribution >= 4 is 11.6 Å². The highest BCUT2D eigenvalue weighted by molar-refractivity contribution is 5.88. The van der Waals surface area contributed by atoms with Gasteiger partial charge in [-0.1, -0.05) is 18.2 Å². The summed E-state index contributed by atoms with van der Waals surface area (Å²) in [6, 6.07) is 6.67. The lowest BCUT2D eigenvalue weighted by Crippen LogP contribution is -2.47. The molecule has 0 bridgehead atoms. The van der Waals surface area contributed by atoms with E-state index in [9.17, 15) is 15.0 Å². The van der Waals surface area contributed by atoms with Crippen molar-refractivity contribution < 1.29 is 15.0 Å². The van der Waals surface area contributed by atoms with Crippen LogP contribution in [0.15, 0.2) is 24.3 Å². The van der Waals surface area contributed by atoms with Crippen molar-refractivity contribution in [1.82, 2.24) is 4.90 Å². The molecule has 1 amide bonds. The number of benzene rings is 1. The van der Waals surface area contributed by atoms with Crippen molar-refractivity contribution in [3.8, 4) is 0 Å². The Hall–Kier alpha value is -1.59. The fraction of sp³-hybridized carbons (Fsp3) is 0.500. The van der Waals surface area contributed by atoms with Gasteiger partial charge < -0.3 is 20.4 Å². The number of nitrogens with one attached hydrogen (secondary N) is 1. The van der Waals surface area contributed by atoms with Crippen LogP contribution in [-0.4, -0.2) is 46.3 Å². The molecule has 2 aliphatic heterocycles. The Morgan fingerprint density at radius 1 is 1.42 bits per heavy atom. The number of rotatable bonds is 2. The minimum absolute atomic E-state index is 0.0124. The summed E-state index contributed by atoms with van der Waals surface area (Å²) >= 11 is 0. The Morgan fingerprint density at radius 2 is 2.21 bits per heavy atom. The zero-order chi connectivity index (χ0) is 13.4. The molecule has 1 fully saturated rings. The molecule has 1 aromatic carbocycles. The van der Waals surface area contributed by atoms with Crippen molar-refractivity contribution in [3.63, 3.8) is 0 Å². The van der Waals surface area contributed by atoms with Crippen molar-refractivity contribution in [2.24, 2.45) is 0 Å². The number of aliphatic hydroxyl groups is 2. The highest BCUT2D eigenvalue weighted by atomic mass is 16.3. The second kappa shape index (κ2) is 4.83.